The van der Waals surface area contributed by atoms with Crippen molar-refractivity contribution >= 4 is 27.4 Å². The zero-order valence-corrected chi connectivity index (χ0v) is 12.7. The van der Waals surface area contributed by atoms with Crippen LogP contribution in [-0.2, 0) is 0 Å². The highest BCUT2D eigenvalue weighted by molar-refractivity contribution is 9.10. The molecule has 21 heavy (non-hydrogen) atoms. The molecule has 0 heterocycles. The van der Waals surface area contributed by atoms with Gasteiger partial charge in [-0.05, 0) is 47.1 Å². The Hall–Kier alpha value is -1.95. The molecule has 0 atom stereocenters. The van der Waals surface area contributed by atoms with Gasteiger partial charge in [0, 0.05) is 22.9 Å². The molecular formula is C15H12BrF2NO2. The van der Waals surface area contributed by atoms with Crippen LogP contribution in [0.1, 0.15) is 22.8 Å². The number of carbonyl (C=O) groups excluding carboxylic acids is 1. The van der Waals surface area contributed by atoms with Crippen molar-refractivity contribution in [3.8, 4) is 5.75 Å². The number of benzene rings is 2. The number of rotatable bonds is 4. The molecule has 0 bridgehead atoms. The molecule has 2 aromatic carbocycles. The van der Waals surface area contributed by atoms with Gasteiger partial charge in [-0.15, -0.1) is 0 Å². The highest BCUT2D eigenvalue weighted by Gasteiger charge is 2.17. The molecule has 0 saturated heterocycles. The van der Waals surface area contributed by atoms with Gasteiger partial charge in [-0.1, -0.05) is 0 Å². The van der Waals surface area contributed by atoms with Crippen molar-refractivity contribution in [2.45, 2.75) is 6.92 Å². The lowest BCUT2D eigenvalue weighted by atomic mass is 10.0. The Morgan fingerprint density at radius 2 is 1.90 bits per heavy atom. The Morgan fingerprint density at radius 3 is 2.52 bits per heavy atom. The van der Waals surface area contributed by atoms with E-state index in [2.05, 4.69) is 15.9 Å². The molecular weight excluding hydrogens is 344 g/mol. The Bertz CT molecular complexity index is 704. The first-order valence-electron chi connectivity index (χ1n) is 6.15. The highest BCUT2D eigenvalue weighted by Crippen LogP contribution is 2.28. The molecule has 0 amide bonds. The molecule has 3 nitrogen and oxygen atoms in total. The van der Waals surface area contributed by atoms with Gasteiger partial charge >= 0.3 is 0 Å². The SMILES string of the molecule is CCOc1ccc(C(=O)c2cc(F)c(F)cc2N)cc1Br. The molecule has 0 fully saturated rings. The van der Waals surface area contributed by atoms with E-state index in [9.17, 15) is 13.6 Å². The van der Waals surface area contributed by atoms with Crippen LogP contribution >= 0.6 is 15.9 Å². The minimum absolute atomic E-state index is 0.0787. The fourth-order valence-corrected chi connectivity index (χ4v) is 2.32. The Morgan fingerprint density at radius 1 is 1.24 bits per heavy atom. The van der Waals surface area contributed by atoms with Crippen LogP contribution in [0.5, 0.6) is 5.75 Å². The molecule has 2 aromatic rings. The lowest BCUT2D eigenvalue weighted by Gasteiger charge is -2.09. The van der Waals surface area contributed by atoms with E-state index < -0.39 is 17.4 Å². The van der Waals surface area contributed by atoms with E-state index in [1.54, 1.807) is 18.2 Å². The van der Waals surface area contributed by atoms with Crippen LogP contribution in [0.3, 0.4) is 0 Å². The predicted molar refractivity (Wildman–Crippen MR) is 79.5 cm³/mol. The summed E-state index contributed by atoms with van der Waals surface area (Å²) in [6.07, 6.45) is 0. The van der Waals surface area contributed by atoms with Crippen LogP contribution in [0.4, 0.5) is 14.5 Å². The number of nitrogens with two attached hydrogens (primary N) is 1. The smallest absolute Gasteiger partial charge is 0.195 e. The second-order valence-electron chi connectivity index (χ2n) is 4.26. The second kappa shape index (κ2) is 6.22. The Balaban J connectivity index is 2.41. The summed E-state index contributed by atoms with van der Waals surface area (Å²) in [6, 6.07) is 6.31. The van der Waals surface area contributed by atoms with Crippen molar-refractivity contribution in [3.05, 3.63) is 57.6 Å². The zero-order valence-electron chi connectivity index (χ0n) is 11.1. The first kappa shape index (κ1) is 15.4. The average molecular weight is 356 g/mol. The van der Waals surface area contributed by atoms with Crippen LogP contribution in [0.2, 0.25) is 0 Å². The number of halogens is 3. The van der Waals surface area contributed by atoms with Crippen molar-refractivity contribution < 1.29 is 18.3 Å². The van der Waals surface area contributed by atoms with Gasteiger partial charge in [0.25, 0.3) is 0 Å². The first-order valence-corrected chi connectivity index (χ1v) is 6.95. The second-order valence-corrected chi connectivity index (χ2v) is 5.12. The summed E-state index contributed by atoms with van der Waals surface area (Å²) in [4.78, 5) is 12.3. The van der Waals surface area contributed by atoms with Gasteiger partial charge in [-0.25, -0.2) is 8.78 Å². The van der Waals surface area contributed by atoms with E-state index in [1.165, 1.54) is 0 Å². The average Bonchev–Trinajstić information content (AvgIpc) is 2.44. The molecule has 0 radical (unpaired) electrons. The van der Waals surface area contributed by atoms with Gasteiger partial charge in [0.15, 0.2) is 17.4 Å². The van der Waals surface area contributed by atoms with Crippen molar-refractivity contribution in [1.29, 1.82) is 0 Å². The number of nitrogen functional groups attached to an aromatic ring is 1. The minimum atomic E-state index is -1.11. The van der Waals surface area contributed by atoms with Crippen molar-refractivity contribution in [2.24, 2.45) is 0 Å². The molecule has 2 N–H and O–H groups in total. The fourth-order valence-electron chi connectivity index (χ4n) is 1.83. The third-order valence-electron chi connectivity index (χ3n) is 2.83. The van der Waals surface area contributed by atoms with E-state index in [1.807, 2.05) is 6.92 Å². The van der Waals surface area contributed by atoms with Gasteiger partial charge in [0.05, 0.1) is 11.1 Å². The number of anilines is 1. The molecule has 2 rings (SSSR count). The summed E-state index contributed by atoms with van der Waals surface area (Å²) in [7, 11) is 0. The maximum atomic E-state index is 13.3. The van der Waals surface area contributed by atoms with E-state index in [0.717, 1.165) is 12.1 Å². The van der Waals surface area contributed by atoms with Crippen LogP contribution in [0, 0.1) is 11.6 Å². The Labute approximate surface area is 128 Å². The van der Waals surface area contributed by atoms with Crippen molar-refractivity contribution in [1.82, 2.24) is 0 Å². The van der Waals surface area contributed by atoms with Crippen LogP contribution < -0.4 is 10.5 Å². The van der Waals surface area contributed by atoms with Gasteiger partial charge in [0.2, 0.25) is 0 Å². The molecule has 0 unspecified atom stereocenters. The molecule has 0 aliphatic heterocycles. The summed E-state index contributed by atoms with van der Waals surface area (Å²) in [5.41, 5.74) is 5.69. The summed E-state index contributed by atoms with van der Waals surface area (Å²) in [5, 5.41) is 0. The molecule has 0 aromatic heterocycles. The molecule has 0 spiro atoms. The van der Waals surface area contributed by atoms with Crippen molar-refractivity contribution in [2.75, 3.05) is 12.3 Å². The minimum Gasteiger partial charge on any atom is -0.493 e. The zero-order chi connectivity index (χ0) is 15.6. The highest BCUT2D eigenvalue weighted by atomic mass is 79.9. The summed E-state index contributed by atoms with van der Waals surface area (Å²) < 4.78 is 32.2. The molecule has 110 valence electrons. The third kappa shape index (κ3) is 3.21. The predicted octanol–water partition coefficient (Wildman–Crippen LogP) is 3.94. The van der Waals surface area contributed by atoms with Crippen LogP contribution in [0.25, 0.3) is 0 Å². The van der Waals surface area contributed by atoms with E-state index in [-0.39, 0.29) is 11.3 Å². The largest absolute Gasteiger partial charge is 0.493 e. The molecule has 0 aliphatic rings. The normalized spacial score (nSPS) is 10.5. The van der Waals surface area contributed by atoms with Gasteiger partial charge in [0.1, 0.15) is 5.75 Å². The molecule has 0 aliphatic carbocycles. The van der Waals surface area contributed by atoms with E-state index in [0.29, 0.717) is 22.4 Å². The molecule has 0 saturated carbocycles. The number of carbonyl (C=O) groups is 1. The molecule has 6 heteroatoms. The standard InChI is InChI=1S/C15H12BrF2NO2/c1-2-21-14-4-3-8(5-10(14)16)15(20)9-6-11(17)12(18)7-13(9)19/h3-7H,2,19H2,1H3. The van der Waals surface area contributed by atoms with Crippen LogP contribution in [-0.4, -0.2) is 12.4 Å². The number of ether oxygens (including phenoxy) is 1. The number of hydrogen-bond donors (Lipinski definition) is 1. The maximum absolute atomic E-state index is 13.3. The fraction of sp³-hybridized carbons (Fsp3) is 0.133. The summed E-state index contributed by atoms with van der Waals surface area (Å²) >= 11 is 3.29. The quantitative estimate of drug-likeness (QED) is 0.667. The summed E-state index contributed by atoms with van der Waals surface area (Å²) in [5.74, 6) is -2.10. The third-order valence-corrected chi connectivity index (χ3v) is 3.45. The van der Waals surface area contributed by atoms with E-state index in [4.69, 9.17) is 10.5 Å². The summed E-state index contributed by atoms with van der Waals surface area (Å²) in [6.45, 7) is 2.33. The monoisotopic (exact) mass is 355 g/mol. The van der Waals surface area contributed by atoms with E-state index >= 15 is 0 Å². The van der Waals surface area contributed by atoms with Crippen LogP contribution in [0.15, 0.2) is 34.8 Å². The first-order chi connectivity index (χ1) is 9.93. The van der Waals surface area contributed by atoms with Gasteiger partial charge < -0.3 is 10.5 Å². The lowest BCUT2D eigenvalue weighted by molar-refractivity contribution is 0.103. The maximum Gasteiger partial charge on any atom is 0.195 e. The van der Waals surface area contributed by atoms with Crippen molar-refractivity contribution in [3.63, 3.8) is 0 Å². The number of ketones is 1. The number of hydrogen-bond acceptors (Lipinski definition) is 3. The topological polar surface area (TPSA) is 52.3 Å². The van der Waals surface area contributed by atoms with Gasteiger partial charge in [-0.2, -0.15) is 0 Å². The lowest BCUT2D eigenvalue weighted by Crippen LogP contribution is -2.07. The Kier molecular flexibility index (Phi) is 4.57. The van der Waals surface area contributed by atoms with Gasteiger partial charge in [-0.3, -0.25) is 4.79 Å².